The zero-order valence-electron chi connectivity index (χ0n) is 13.4. The normalized spacial score (nSPS) is 16.3. The van der Waals surface area contributed by atoms with Gasteiger partial charge in [-0.1, -0.05) is 18.5 Å². The van der Waals surface area contributed by atoms with Crippen molar-refractivity contribution in [2.45, 2.75) is 26.3 Å². The van der Waals surface area contributed by atoms with Crippen LogP contribution in [0.4, 0.5) is 9.52 Å². The van der Waals surface area contributed by atoms with E-state index in [9.17, 15) is 9.18 Å². The number of hydrogen-bond acceptors (Lipinski definition) is 4. The highest BCUT2D eigenvalue weighted by molar-refractivity contribution is 7.13. The average molecular weight is 368 g/mol. The SMILES string of the molecule is CC1CCN(Cc2csc(NC(=O)c3ccc(Cl)cc3F)n2)CC1. The van der Waals surface area contributed by atoms with E-state index in [-0.39, 0.29) is 10.6 Å². The Morgan fingerprint density at radius 3 is 2.92 bits per heavy atom. The van der Waals surface area contributed by atoms with Crippen molar-refractivity contribution < 1.29 is 9.18 Å². The summed E-state index contributed by atoms with van der Waals surface area (Å²) in [7, 11) is 0. The van der Waals surface area contributed by atoms with Crippen LogP contribution in [0.5, 0.6) is 0 Å². The predicted molar refractivity (Wildman–Crippen MR) is 95.2 cm³/mol. The van der Waals surface area contributed by atoms with Crippen LogP contribution < -0.4 is 5.32 Å². The summed E-state index contributed by atoms with van der Waals surface area (Å²) < 4.78 is 13.8. The van der Waals surface area contributed by atoms with Crippen LogP contribution in [0.25, 0.3) is 0 Å². The molecular formula is C17H19ClFN3OS. The molecule has 1 amide bonds. The maximum atomic E-state index is 13.8. The molecule has 1 fully saturated rings. The van der Waals surface area contributed by atoms with Crippen LogP contribution in [0.1, 0.15) is 35.8 Å². The van der Waals surface area contributed by atoms with Crippen molar-refractivity contribution in [3.63, 3.8) is 0 Å². The van der Waals surface area contributed by atoms with Gasteiger partial charge in [-0.2, -0.15) is 0 Å². The van der Waals surface area contributed by atoms with Crippen LogP contribution in [0.3, 0.4) is 0 Å². The van der Waals surface area contributed by atoms with Gasteiger partial charge in [-0.25, -0.2) is 9.37 Å². The van der Waals surface area contributed by atoms with Crippen molar-refractivity contribution in [2.24, 2.45) is 5.92 Å². The van der Waals surface area contributed by atoms with Gasteiger partial charge in [0.05, 0.1) is 11.3 Å². The first kappa shape index (κ1) is 17.3. The second-order valence-corrected chi connectivity index (χ2v) is 7.48. The molecule has 1 N–H and O–H groups in total. The number of hydrogen-bond donors (Lipinski definition) is 1. The van der Waals surface area contributed by atoms with Gasteiger partial charge in [-0.3, -0.25) is 15.0 Å². The molecule has 0 aliphatic carbocycles. The average Bonchev–Trinajstić information content (AvgIpc) is 2.96. The summed E-state index contributed by atoms with van der Waals surface area (Å²) in [6.07, 6.45) is 2.42. The Kier molecular flexibility index (Phi) is 5.48. The van der Waals surface area contributed by atoms with E-state index in [1.165, 1.54) is 36.3 Å². The lowest BCUT2D eigenvalue weighted by Crippen LogP contribution is -2.32. The lowest BCUT2D eigenvalue weighted by molar-refractivity contribution is 0.102. The molecule has 0 atom stereocenters. The van der Waals surface area contributed by atoms with E-state index in [0.717, 1.165) is 37.3 Å². The third-order valence-electron chi connectivity index (χ3n) is 4.21. The van der Waals surface area contributed by atoms with Crippen LogP contribution >= 0.6 is 22.9 Å². The smallest absolute Gasteiger partial charge is 0.260 e. The molecule has 1 aliphatic rings. The number of aromatic nitrogens is 1. The molecule has 7 heteroatoms. The second kappa shape index (κ2) is 7.59. The summed E-state index contributed by atoms with van der Waals surface area (Å²) in [5, 5.41) is 5.33. The lowest BCUT2D eigenvalue weighted by atomic mass is 9.99. The number of amides is 1. The van der Waals surface area contributed by atoms with Gasteiger partial charge in [0.1, 0.15) is 5.82 Å². The van der Waals surface area contributed by atoms with Crippen molar-refractivity contribution in [2.75, 3.05) is 18.4 Å². The number of likely N-dealkylation sites (tertiary alicyclic amines) is 1. The number of rotatable bonds is 4. The zero-order valence-corrected chi connectivity index (χ0v) is 15.0. The fraction of sp³-hybridized carbons (Fsp3) is 0.412. The summed E-state index contributed by atoms with van der Waals surface area (Å²) in [6, 6.07) is 3.99. The monoisotopic (exact) mass is 367 g/mol. The van der Waals surface area contributed by atoms with Gasteiger partial charge < -0.3 is 0 Å². The molecule has 0 spiro atoms. The number of nitrogens with one attached hydrogen (secondary N) is 1. The Balaban J connectivity index is 1.60. The van der Waals surface area contributed by atoms with Crippen molar-refractivity contribution in [1.82, 2.24) is 9.88 Å². The van der Waals surface area contributed by atoms with Gasteiger partial charge in [0.25, 0.3) is 5.91 Å². The lowest BCUT2D eigenvalue weighted by Gasteiger charge is -2.29. The van der Waals surface area contributed by atoms with Gasteiger partial charge in [0.15, 0.2) is 5.13 Å². The van der Waals surface area contributed by atoms with E-state index in [1.807, 2.05) is 5.38 Å². The number of benzene rings is 1. The minimum absolute atomic E-state index is 0.0406. The highest BCUT2D eigenvalue weighted by atomic mass is 35.5. The number of carbonyl (C=O) groups is 1. The first-order chi connectivity index (χ1) is 11.5. The Morgan fingerprint density at radius 1 is 1.46 bits per heavy atom. The van der Waals surface area contributed by atoms with Gasteiger partial charge in [-0.05, 0) is 50.0 Å². The van der Waals surface area contributed by atoms with Crippen molar-refractivity contribution in [3.05, 3.63) is 45.7 Å². The minimum Gasteiger partial charge on any atom is -0.298 e. The summed E-state index contributed by atoms with van der Waals surface area (Å²) in [5.41, 5.74) is 0.891. The fourth-order valence-electron chi connectivity index (χ4n) is 2.72. The summed E-state index contributed by atoms with van der Waals surface area (Å²) in [6.45, 7) is 5.23. The number of thiazole rings is 1. The first-order valence-corrected chi connectivity index (χ1v) is 9.20. The topological polar surface area (TPSA) is 45.2 Å². The fourth-order valence-corrected chi connectivity index (χ4v) is 3.58. The highest BCUT2D eigenvalue weighted by Crippen LogP contribution is 2.22. The molecule has 1 aromatic carbocycles. The molecule has 24 heavy (non-hydrogen) atoms. The number of anilines is 1. The molecule has 0 radical (unpaired) electrons. The van der Waals surface area contributed by atoms with Crippen LogP contribution in [0.15, 0.2) is 23.6 Å². The molecule has 2 aromatic rings. The molecular weight excluding hydrogens is 349 g/mol. The van der Waals surface area contributed by atoms with Crippen LogP contribution in [-0.2, 0) is 6.54 Å². The Labute approximate surface area is 149 Å². The molecule has 1 aliphatic heterocycles. The van der Waals surface area contributed by atoms with Gasteiger partial charge in [0, 0.05) is 16.9 Å². The number of piperidine rings is 1. The van der Waals surface area contributed by atoms with Gasteiger partial charge in [-0.15, -0.1) is 11.3 Å². The quantitative estimate of drug-likeness (QED) is 0.870. The molecule has 2 heterocycles. The van der Waals surface area contributed by atoms with Gasteiger partial charge in [0.2, 0.25) is 0 Å². The largest absolute Gasteiger partial charge is 0.298 e. The maximum absolute atomic E-state index is 13.8. The molecule has 3 rings (SSSR count). The van der Waals surface area contributed by atoms with E-state index < -0.39 is 11.7 Å². The van der Waals surface area contributed by atoms with Crippen LogP contribution in [0, 0.1) is 11.7 Å². The summed E-state index contributed by atoms with van der Waals surface area (Å²) in [5.74, 6) is -0.364. The molecule has 128 valence electrons. The molecule has 1 aromatic heterocycles. The summed E-state index contributed by atoms with van der Waals surface area (Å²) >= 11 is 7.05. The maximum Gasteiger partial charge on any atom is 0.260 e. The van der Waals surface area contributed by atoms with Crippen molar-refractivity contribution >= 4 is 34.0 Å². The van der Waals surface area contributed by atoms with Crippen molar-refractivity contribution in [1.29, 1.82) is 0 Å². The van der Waals surface area contributed by atoms with Gasteiger partial charge >= 0.3 is 0 Å². The second-order valence-electron chi connectivity index (χ2n) is 6.18. The standard InChI is InChI=1S/C17H19ClFN3OS/c1-11-4-6-22(7-5-11)9-13-10-24-17(20-13)21-16(23)14-3-2-12(18)8-15(14)19/h2-3,8,10-11H,4-7,9H2,1H3,(H,20,21,23). The predicted octanol–water partition coefficient (Wildman–Crippen LogP) is 4.42. The van der Waals surface area contributed by atoms with E-state index in [2.05, 4.69) is 22.1 Å². The van der Waals surface area contributed by atoms with E-state index in [1.54, 1.807) is 0 Å². The molecule has 0 saturated carbocycles. The zero-order chi connectivity index (χ0) is 17.1. The third-order valence-corrected chi connectivity index (χ3v) is 5.25. The minimum atomic E-state index is -0.640. The highest BCUT2D eigenvalue weighted by Gasteiger charge is 2.18. The van der Waals surface area contributed by atoms with Crippen molar-refractivity contribution in [3.8, 4) is 0 Å². The molecule has 4 nitrogen and oxygen atoms in total. The van der Waals surface area contributed by atoms with Crippen LogP contribution in [-0.4, -0.2) is 28.9 Å². The van der Waals surface area contributed by atoms with E-state index >= 15 is 0 Å². The van der Waals surface area contributed by atoms with E-state index in [4.69, 9.17) is 11.6 Å². The molecule has 1 saturated heterocycles. The summed E-state index contributed by atoms with van der Waals surface area (Å²) in [4.78, 5) is 19.0. The van der Waals surface area contributed by atoms with E-state index in [0.29, 0.717) is 5.13 Å². The first-order valence-electron chi connectivity index (χ1n) is 7.94. The molecule has 0 unspecified atom stereocenters. The Bertz CT molecular complexity index is 728. The molecule has 0 bridgehead atoms. The number of halogens is 2. The number of carbonyl (C=O) groups excluding carboxylic acids is 1. The third kappa shape index (κ3) is 4.32. The number of nitrogens with zero attached hydrogens (tertiary/aromatic N) is 2. The van der Waals surface area contributed by atoms with Crippen LogP contribution in [0.2, 0.25) is 5.02 Å². The Hall–Kier alpha value is -1.50. The Morgan fingerprint density at radius 2 is 2.21 bits per heavy atom.